The van der Waals surface area contributed by atoms with Gasteiger partial charge < -0.3 is 4.90 Å². The van der Waals surface area contributed by atoms with Crippen LogP contribution >= 0.6 is 0 Å². The monoisotopic (exact) mass is 344 g/mol. The average Bonchev–Trinajstić information content (AvgIpc) is 2.86. The highest BCUT2D eigenvalue weighted by Gasteiger charge is 2.46. The predicted octanol–water partition coefficient (Wildman–Crippen LogP) is 2.13. The zero-order valence-electron chi connectivity index (χ0n) is 14.2. The Balaban J connectivity index is 1.56. The highest BCUT2D eigenvalue weighted by atomic mass is 19.1. The first-order valence-electron chi connectivity index (χ1n) is 8.46. The van der Waals surface area contributed by atoms with E-state index in [1.165, 1.54) is 15.9 Å². The number of benzene rings is 1. The standard InChI is InChI=1S/C19H21FN2O3/c1-21(12-13-6-2-5-9-16(13)20)17(23)10-11-22-18(24)14-7-3-4-8-15(14)19(22)25/h2-6,9,14-15H,7-8,10-12H2,1H3. The number of amides is 3. The molecule has 1 saturated heterocycles. The van der Waals surface area contributed by atoms with Gasteiger partial charge in [0.2, 0.25) is 17.7 Å². The summed E-state index contributed by atoms with van der Waals surface area (Å²) in [5.41, 5.74) is 0.434. The lowest BCUT2D eigenvalue weighted by Gasteiger charge is -2.20. The van der Waals surface area contributed by atoms with Crippen molar-refractivity contribution in [2.24, 2.45) is 11.8 Å². The predicted molar refractivity (Wildman–Crippen MR) is 89.6 cm³/mol. The van der Waals surface area contributed by atoms with Crippen LogP contribution in [-0.4, -0.2) is 41.1 Å². The minimum absolute atomic E-state index is 0.0509. The Morgan fingerprint density at radius 1 is 1.16 bits per heavy atom. The van der Waals surface area contributed by atoms with E-state index in [0.29, 0.717) is 18.4 Å². The van der Waals surface area contributed by atoms with Gasteiger partial charge in [-0.3, -0.25) is 19.3 Å². The van der Waals surface area contributed by atoms with E-state index in [2.05, 4.69) is 0 Å². The Labute approximate surface area is 146 Å². The van der Waals surface area contributed by atoms with E-state index in [-0.39, 0.29) is 54.9 Å². The van der Waals surface area contributed by atoms with Crippen molar-refractivity contribution < 1.29 is 18.8 Å². The molecule has 2 aliphatic rings. The molecule has 2 unspecified atom stereocenters. The van der Waals surface area contributed by atoms with E-state index in [4.69, 9.17) is 0 Å². The average molecular weight is 344 g/mol. The van der Waals surface area contributed by atoms with Crippen molar-refractivity contribution in [2.45, 2.75) is 25.8 Å². The molecule has 6 heteroatoms. The van der Waals surface area contributed by atoms with E-state index in [0.717, 1.165) is 0 Å². The minimum Gasteiger partial charge on any atom is -0.341 e. The third-order valence-corrected chi connectivity index (χ3v) is 4.94. The molecule has 25 heavy (non-hydrogen) atoms. The number of hydrogen-bond donors (Lipinski definition) is 0. The lowest BCUT2D eigenvalue weighted by Crippen LogP contribution is -2.36. The summed E-state index contributed by atoms with van der Waals surface area (Å²) in [5, 5.41) is 0. The Bertz CT molecular complexity index is 705. The highest BCUT2D eigenvalue weighted by Crippen LogP contribution is 2.35. The van der Waals surface area contributed by atoms with Crippen LogP contribution in [0.25, 0.3) is 0 Å². The number of allylic oxidation sites excluding steroid dienone is 2. The van der Waals surface area contributed by atoms with Gasteiger partial charge in [0.05, 0.1) is 11.8 Å². The van der Waals surface area contributed by atoms with Gasteiger partial charge in [-0.15, -0.1) is 0 Å². The van der Waals surface area contributed by atoms with Gasteiger partial charge in [-0.2, -0.15) is 0 Å². The molecule has 5 nitrogen and oxygen atoms in total. The number of nitrogens with zero attached hydrogens (tertiary/aromatic N) is 2. The van der Waals surface area contributed by atoms with Crippen LogP contribution in [0, 0.1) is 17.7 Å². The molecule has 2 atom stereocenters. The third-order valence-electron chi connectivity index (χ3n) is 4.94. The normalized spacial score (nSPS) is 22.2. The summed E-state index contributed by atoms with van der Waals surface area (Å²) in [6, 6.07) is 6.29. The molecule has 1 aromatic rings. The van der Waals surface area contributed by atoms with Crippen molar-refractivity contribution in [3.8, 4) is 0 Å². The molecule has 1 aliphatic carbocycles. The minimum atomic E-state index is -0.358. The summed E-state index contributed by atoms with van der Waals surface area (Å²) >= 11 is 0. The van der Waals surface area contributed by atoms with Crippen molar-refractivity contribution in [1.82, 2.24) is 9.80 Å². The largest absolute Gasteiger partial charge is 0.341 e. The maximum atomic E-state index is 13.7. The van der Waals surface area contributed by atoms with Crippen LogP contribution in [0.3, 0.4) is 0 Å². The molecule has 132 valence electrons. The molecule has 0 saturated carbocycles. The van der Waals surface area contributed by atoms with Crippen LogP contribution in [0.15, 0.2) is 36.4 Å². The maximum absolute atomic E-state index is 13.7. The molecular weight excluding hydrogens is 323 g/mol. The zero-order valence-corrected chi connectivity index (χ0v) is 14.2. The number of halogens is 1. The molecule has 0 spiro atoms. The van der Waals surface area contributed by atoms with Crippen molar-refractivity contribution in [2.75, 3.05) is 13.6 Å². The molecule has 0 aromatic heterocycles. The van der Waals surface area contributed by atoms with Gasteiger partial charge in [-0.25, -0.2) is 4.39 Å². The highest BCUT2D eigenvalue weighted by molar-refractivity contribution is 6.05. The summed E-state index contributed by atoms with van der Waals surface area (Å²) in [6.45, 7) is 0.244. The number of rotatable bonds is 5. The quantitative estimate of drug-likeness (QED) is 0.607. The van der Waals surface area contributed by atoms with Crippen LogP contribution in [0.5, 0.6) is 0 Å². The molecular formula is C19H21FN2O3. The first-order chi connectivity index (χ1) is 12.0. The van der Waals surface area contributed by atoms with Gasteiger partial charge >= 0.3 is 0 Å². The molecule has 0 bridgehead atoms. The summed E-state index contributed by atoms with van der Waals surface area (Å²) < 4.78 is 13.7. The van der Waals surface area contributed by atoms with Crippen LogP contribution < -0.4 is 0 Å². The van der Waals surface area contributed by atoms with E-state index >= 15 is 0 Å². The lowest BCUT2D eigenvalue weighted by atomic mass is 9.85. The SMILES string of the molecule is CN(Cc1ccccc1F)C(=O)CCN1C(=O)C2CC=CCC2C1=O. The molecule has 1 aliphatic heterocycles. The van der Waals surface area contributed by atoms with Gasteiger partial charge in [0.25, 0.3) is 0 Å². The number of hydrogen-bond acceptors (Lipinski definition) is 3. The number of fused-ring (bicyclic) bond motifs is 1. The topological polar surface area (TPSA) is 57.7 Å². The maximum Gasteiger partial charge on any atom is 0.233 e. The summed E-state index contributed by atoms with van der Waals surface area (Å²) in [7, 11) is 1.59. The molecule has 1 fully saturated rings. The first kappa shape index (κ1) is 17.3. The number of likely N-dealkylation sites (tertiary alicyclic amines) is 1. The smallest absolute Gasteiger partial charge is 0.233 e. The third kappa shape index (κ3) is 3.48. The van der Waals surface area contributed by atoms with Crippen LogP contribution in [0.2, 0.25) is 0 Å². The van der Waals surface area contributed by atoms with E-state index < -0.39 is 0 Å². The van der Waals surface area contributed by atoms with Crippen LogP contribution in [0.4, 0.5) is 4.39 Å². The molecule has 0 N–H and O–H groups in total. The van der Waals surface area contributed by atoms with Crippen LogP contribution in [0.1, 0.15) is 24.8 Å². The second kappa shape index (κ2) is 7.17. The molecule has 1 aromatic carbocycles. The fraction of sp³-hybridized carbons (Fsp3) is 0.421. The second-order valence-electron chi connectivity index (χ2n) is 6.58. The fourth-order valence-electron chi connectivity index (χ4n) is 3.46. The summed E-state index contributed by atoms with van der Waals surface area (Å²) in [4.78, 5) is 39.6. The summed E-state index contributed by atoms with van der Waals surface area (Å²) in [6.07, 6.45) is 5.10. The number of carbonyl (C=O) groups is 3. The van der Waals surface area contributed by atoms with Gasteiger partial charge in [0.15, 0.2) is 0 Å². The van der Waals surface area contributed by atoms with E-state index in [9.17, 15) is 18.8 Å². The fourth-order valence-corrected chi connectivity index (χ4v) is 3.46. The molecule has 0 radical (unpaired) electrons. The van der Waals surface area contributed by atoms with Gasteiger partial charge in [-0.05, 0) is 18.9 Å². The van der Waals surface area contributed by atoms with Crippen molar-refractivity contribution in [1.29, 1.82) is 0 Å². The molecule has 3 amide bonds. The van der Waals surface area contributed by atoms with E-state index in [1.54, 1.807) is 25.2 Å². The van der Waals surface area contributed by atoms with Gasteiger partial charge in [-0.1, -0.05) is 30.4 Å². The Hall–Kier alpha value is -2.50. The zero-order chi connectivity index (χ0) is 18.0. The van der Waals surface area contributed by atoms with Crippen LogP contribution in [-0.2, 0) is 20.9 Å². The Morgan fingerprint density at radius 3 is 2.36 bits per heavy atom. The number of imide groups is 1. The number of carbonyl (C=O) groups excluding carboxylic acids is 3. The Kier molecular flexibility index (Phi) is 4.97. The lowest BCUT2D eigenvalue weighted by molar-refractivity contribution is -0.140. The van der Waals surface area contributed by atoms with Crippen molar-refractivity contribution in [3.05, 3.63) is 47.8 Å². The van der Waals surface area contributed by atoms with E-state index in [1.807, 2.05) is 12.2 Å². The summed E-state index contributed by atoms with van der Waals surface area (Å²) in [5.74, 6) is -1.49. The second-order valence-corrected chi connectivity index (χ2v) is 6.58. The first-order valence-corrected chi connectivity index (χ1v) is 8.46. The van der Waals surface area contributed by atoms with Crippen molar-refractivity contribution in [3.63, 3.8) is 0 Å². The van der Waals surface area contributed by atoms with Gasteiger partial charge in [0, 0.05) is 32.1 Å². The molecule has 3 rings (SSSR count). The molecule has 1 heterocycles. The van der Waals surface area contributed by atoms with Gasteiger partial charge in [0.1, 0.15) is 5.82 Å². The Morgan fingerprint density at radius 2 is 1.76 bits per heavy atom. The van der Waals surface area contributed by atoms with Crippen molar-refractivity contribution >= 4 is 17.7 Å².